The molecule has 2 aliphatic rings. The highest BCUT2D eigenvalue weighted by Crippen LogP contribution is 2.51. The summed E-state index contributed by atoms with van der Waals surface area (Å²) in [5.41, 5.74) is 3.28. The van der Waals surface area contributed by atoms with Gasteiger partial charge in [0, 0.05) is 17.5 Å². The van der Waals surface area contributed by atoms with Crippen LogP contribution < -0.4 is 14.8 Å². The van der Waals surface area contributed by atoms with Gasteiger partial charge in [-0.1, -0.05) is 24.3 Å². The van der Waals surface area contributed by atoms with Crippen LogP contribution in [0.3, 0.4) is 0 Å². The summed E-state index contributed by atoms with van der Waals surface area (Å²) in [5.74, 6) is -0.246. The Bertz CT molecular complexity index is 1220. The fourth-order valence-electron chi connectivity index (χ4n) is 3.98. The quantitative estimate of drug-likeness (QED) is 0.549. The van der Waals surface area contributed by atoms with E-state index in [9.17, 15) is 18.7 Å². The molecule has 0 saturated heterocycles. The van der Waals surface area contributed by atoms with Crippen molar-refractivity contribution in [3.63, 3.8) is 0 Å². The number of ether oxygens (including phenoxy) is 2. The third-order valence-electron chi connectivity index (χ3n) is 5.96. The van der Waals surface area contributed by atoms with E-state index in [2.05, 4.69) is 14.8 Å². The van der Waals surface area contributed by atoms with Gasteiger partial charge in [0.25, 0.3) is 0 Å². The van der Waals surface area contributed by atoms with Crippen LogP contribution in [-0.4, -0.2) is 28.9 Å². The van der Waals surface area contributed by atoms with Crippen molar-refractivity contribution in [2.24, 2.45) is 0 Å². The summed E-state index contributed by atoms with van der Waals surface area (Å²) in [5, 5.41) is 12.6. The van der Waals surface area contributed by atoms with E-state index in [0.717, 1.165) is 29.5 Å². The number of nitrogens with zero attached hydrogens (tertiary/aromatic N) is 1. The van der Waals surface area contributed by atoms with E-state index in [1.54, 1.807) is 30.3 Å². The first kappa shape index (κ1) is 20.2. The number of carboxylic acid groups (broad SMARTS) is 1. The van der Waals surface area contributed by atoms with E-state index >= 15 is 0 Å². The fourth-order valence-corrected chi connectivity index (χ4v) is 3.98. The molecule has 0 unspecified atom stereocenters. The molecule has 6 nitrogen and oxygen atoms in total. The molecule has 5 rings (SSSR count). The smallest absolute Gasteiger partial charge is 0.478 e. The Morgan fingerprint density at radius 3 is 2.62 bits per heavy atom. The zero-order chi connectivity index (χ0) is 22.5. The minimum atomic E-state index is -3.63. The molecule has 1 aliphatic heterocycles. The Morgan fingerprint density at radius 1 is 1.09 bits per heavy atom. The van der Waals surface area contributed by atoms with Gasteiger partial charge in [0.2, 0.25) is 0 Å². The van der Waals surface area contributed by atoms with Gasteiger partial charge in [-0.3, -0.25) is 0 Å². The highest BCUT2D eigenvalue weighted by Gasteiger charge is 2.47. The lowest BCUT2D eigenvalue weighted by Gasteiger charge is -2.18. The lowest BCUT2D eigenvalue weighted by Crippen LogP contribution is -2.26. The number of halogens is 2. The number of carboxylic acids is 1. The third-order valence-corrected chi connectivity index (χ3v) is 5.96. The number of nitrogens with one attached hydrogen (secondary N) is 1. The van der Waals surface area contributed by atoms with Crippen LogP contribution in [0.25, 0.3) is 11.3 Å². The summed E-state index contributed by atoms with van der Waals surface area (Å²) >= 11 is 0. The minimum Gasteiger partial charge on any atom is -0.478 e. The number of anilines is 1. The molecule has 1 aliphatic carbocycles. The van der Waals surface area contributed by atoms with Gasteiger partial charge < -0.3 is 19.9 Å². The molecule has 8 heteroatoms. The van der Waals surface area contributed by atoms with Gasteiger partial charge in [-0.05, 0) is 61.2 Å². The van der Waals surface area contributed by atoms with Gasteiger partial charge in [-0.2, -0.15) is 0 Å². The van der Waals surface area contributed by atoms with Crippen LogP contribution in [0.1, 0.15) is 34.3 Å². The van der Waals surface area contributed by atoms with Crippen molar-refractivity contribution >= 4 is 11.8 Å². The van der Waals surface area contributed by atoms with E-state index in [1.807, 2.05) is 25.1 Å². The number of aromatic carboxylic acids is 1. The number of fused-ring (bicyclic) bond motifs is 1. The lowest BCUT2D eigenvalue weighted by atomic mass is 9.95. The number of benzene rings is 2. The van der Waals surface area contributed by atoms with Gasteiger partial charge in [-0.25, -0.2) is 9.78 Å². The van der Waals surface area contributed by atoms with Crippen LogP contribution in [-0.2, 0) is 5.41 Å². The van der Waals surface area contributed by atoms with Crippen LogP contribution in [0.4, 0.5) is 14.6 Å². The Kier molecular flexibility index (Phi) is 4.54. The molecule has 2 aromatic carbocycles. The summed E-state index contributed by atoms with van der Waals surface area (Å²) in [7, 11) is 0. The minimum absolute atomic E-state index is 0.0379. The van der Waals surface area contributed by atoms with Gasteiger partial charge in [-0.15, -0.1) is 8.78 Å². The second kappa shape index (κ2) is 7.19. The topological polar surface area (TPSA) is 80.7 Å². The maximum Gasteiger partial charge on any atom is 0.586 e. The molecule has 0 spiro atoms. The average Bonchev–Trinajstić information content (AvgIpc) is 3.48. The number of pyridine rings is 1. The molecule has 0 bridgehead atoms. The van der Waals surface area contributed by atoms with Crippen molar-refractivity contribution in [2.45, 2.75) is 31.5 Å². The second-order valence-corrected chi connectivity index (χ2v) is 8.21. The number of aryl methyl sites for hydroxylation is 1. The molecular formula is C24H20F2N2O4. The first-order valence-electron chi connectivity index (χ1n) is 10.2. The maximum atomic E-state index is 13.3. The molecule has 2 heterocycles. The van der Waals surface area contributed by atoms with E-state index in [1.165, 1.54) is 6.07 Å². The Balaban J connectivity index is 1.35. The van der Waals surface area contributed by atoms with Crippen LogP contribution in [0.15, 0.2) is 54.6 Å². The van der Waals surface area contributed by atoms with Crippen molar-refractivity contribution in [3.8, 4) is 22.8 Å². The highest BCUT2D eigenvalue weighted by molar-refractivity contribution is 5.89. The molecular weight excluding hydrogens is 418 g/mol. The zero-order valence-electron chi connectivity index (χ0n) is 17.2. The Hall–Kier alpha value is -3.68. The molecule has 1 saturated carbocycles. The van der Waals surface area contributed by atoms with Crippen molar-refractivity contribution in [1.29, 1.82) is 0 Å². The standard InChI is InChI=1S/C24H20F2N2O4/c1-14-5-8-20(28-21(14)15-3-2-4-16(11-15)22(29)30)27-13-23(9-10-23)17-6-7-18-19(12-17)32-24(25,26)31-18/h2-8,11-12H,9-10,13H2,1H3,(H,27,28)(H,29,30). The van der Waals surface area contributed by atoms with Gasteiger partial charge in [0.1, 0.15) is 5.82 Å². The molecule has 0 radical (unpaired) electrons. The zero-order valence-corrected chi connectivity index (χ0v) is 17.2. The van der Waals surface area contributed by atoms with E-state index in [-0.39, 0.29) is 22.5 Å². The molecule has 32 heavy (non-hydrogen) atoms. The number of carbonyl (C=O) groups is 1. The summed E-state index contributed by atoms with van der Waals surface area (Å²) in [6.45, 7) is 2.50. The molecule has 3 aromatic rings. The van der Waals surface area contributed by atoms with Crippen LogP contribution >= 0.6 is 0 Å². The molecule has 164 valence electrons. The summed E-state index contributed by atoms with van der Waals surface area (Å²) < 4.78 is 35.7. The van der Waals surface area contributed by atoms with E-state index < -0.39 is 12.3 Å². The number of alkyl halides is 2. The average molecular weight is 438 g/mol. The predicted molar refractivity (Wildman–Crippen MR) is 113 cm³/mol. The van der Waals surface area contributed by atoms with Crippen LogP contribution in [0.5, 0.6) is 11.5 Å². The SMILES string of the molecule is Cc1ccc(NCC2(c3ccc4c(c3)OC(F)(F)O4)CC2)nc1-c1cccc(C(=O)O)c1. The molecule has 1 aromatic heterocycles. The number of aromatic nitrogens is 1. The molecule has 2 N–H and O–H groups in total. The maximum absolute atomic E-state index is 13.3. The van der Waals surface area contributed by atoms with Crippen LogP contribution in [0.2, 0.25) is 0 Å². The molecule has 0 amide bonds. The first-order chi connectivity index (χ1) is 15.2. The normalized spacial score (nSPS) is 17.1. The Morgan fingerprint density at radius 2 is 1.88 bits per heavy atom. The molecule has 1 fully saturated rings. The second-order valence-electron chi connectivity index (χ2n) is 8.21. The summed E-state index contributed by atoms with van der Waals surface area (Å²) in [6.07, 6.45) is -1.80. The first-order valence-corrected chi connectivity index (χ1v) is 10.2. The Labute approximate surface area is 182 Å². The van der Waals surface area contributed by atoms with Crippen molar-refractivity contribution < 1.29 is 28.2 Å². The number of hydrogen-bond donors (Lipinski definition) is 2. The molecule has 0 atom stereocenters. The predicted octanol–water partition coefficient (Wildman–Crippen LogP) is 5.22. The number of rotatable bonds is 6. The summed E-state index contributed by atoms with van der Waals surface area (Å²) in [4.78, 5) is 16.0. The lowest BCUT2D eigenvalue weighted by molar-refractivity contribution is -0.286. The van der Waals surface area contributed by atoms with E-state index in [0.29, 0.717) is 18.1 Å². The fraction of sp³-hybridized carbons (Fsp3) is 0.250. The largest absolute Gasteiger partial charge is 0.586 e. The van der Waals surface area contributed by atoms with Crippen molar-refractivity contribution in [3.05, 3.63) is 71.3 Å². The van der Waals surface area contributed by atoms with Gasteiger partial charge in [0.05, 0.1) is 11.3 Å². The van der Waals surface area contributed by atoms with Crippen LogP contribution in [0, 0.1) is 6.92 Å². The van der Waals surface area contributed by atoms with Gasteiger partial charge in [0.15, 0.2) is 11.5 Å². The summed E-state index contributed by atoms with van der Waals surface area (Å²) in [6, 6.07) is 15.4. The third kappa shape index (κ3) is 3.72. The highest BCUT2D eigenvalue weighted by atomic mass is 19.3. The van der Waals surface area contributed by atoms with E-state index in [4.69, 9.17) is 4.98 Å². The van der Waals surface area contributed by atoms with Crippen molar-refractivity contribution in [2.75, 3.05) is 11.9 Å². The van der Waals surface area contributed by atoms with Gasteiger partial charge >= 0.3 is 12.3 Å². The number of hydrogen-bond acceptors (Lipinski definition) is 5. The monoisotopic (exact) mass is 438 g/mol. The van der Waals surface area contributed by atoms with Crippen molar-refractivity contribution in [1.82, 2.24) is 4.98 Å².